The number of non-ortho nitro benzene ring substituents is 1. The number of nitrogens with zero attached hydrogens (tertiary/aromatic N) is 1. The molecule has 0 aliphatic carbocycles. The van der Waals surface area contributed by atoms with E-state index in [2.05, 4.69) is 10.6 Å². The molecule has 0 saturated carbocycles. The Morgan fingerprint density at radius 3 is 2.68 bits per heavy atom. The molecular formula is C17H18ClN3O4. The maximum Gasteiger partial charge on any atom is 0.273 e. The predicted molar refractivity (Wildman–Crippen MR) is 96.1 cm³/mol. The van der Waals surface area contributed by atoms with Crippen molar-refractivity contribution in [3.8, 4) is 5.75 Å². The van der Waals surface area contributed by atoms with Crippen LogP contribution in [0.5, 0.6) is 5.75 Å². The molecule has 0 bridgehead atoms. The van der Waals surface area contributed by atoms with E-state index in [1.807, 2.05) is 25.1 Å². The molecule has 7 nitrogen and oxygen atoms in total. The van der Waals surface area contributed by atoms with Crippen LogP contribution in [0.3, 0.4) is 0 Å². The highest BCUT2D eigenvalue weighted by Gasteiger charge is 2.14. The molecule has 2 rings (SSSR count). The van der Waals surface area contributed by atoms with Gasteiger partial charge in [0.15, 0.2) is 0 Å². The van der Waals surface area contributed by atoms with Crippen molar-refractivity contribution in [2.45, 2.75) is 13.0 Å². The van der Waals surface area contributed by atoms with Gasteiger partial charge in [0.1, 0.15) is 5.75 Å². The summed E-state index contributed by atoms with van der Waals surface area (Å²) in [5, 5.41) is 17.2. The predicted octanol–water partition coefficient (Wildman–Crippen LogP) is 3.55. The molecule has 2 aromatic carbocycles. The number of carbonyl (C=O) groups excluding carboxylic acids is 1. The fourth-order valence-corrected chi connectivity index (χ4v) is 2.57. The van der Waals surface area contributed by atoms with E-state index < -0.39 is 4.92 Å². The molecule has 0 saturated heterocycles. The third-order valence-electron chi connectivity index (χ3n) is 3.61. The Morgan fingerprint density at radius 1 is 1.32 bits per heavy atom. The van der Waals surface area contributed by atoms with Gasteiger partial charge in [0.05, 0.1) is 30.3 Å². The lowest BCUT2D eigenvalue weighted by molar-refractivity contribution is -0.384. The first-order chi connectivity index (χ1) is 11.9. The van der Waals surface area contributed by atoms with Crippen molar-refractivity contribution in [2.75, 3.05) is 19.0 Å². The van der Waals surface area contributed by atoms with Crippen LogP contribution < -0.4 is 15.4 Å². The average molecular weight is 364 g/mol. The zero-order valence-electron chi connectivity index (χ0n) is 13.8. The monoisotopic (exact) mass is 363 g/mol. The van der Waals surface area contributed by atoms with Crippen molar-refractivity contribution >= 4 is 28.9 Å². The Kier molecular flexibility index (Phi) is 6.32. The number of nitrogens with one attached hydrogen (secondary N) is 2. The third kappa shape index (κ3) is 4.91. The lowest BCUT2D eigenvalue weighted by Gasteiger charge is -2.16. The van der Waals surface area contributed by atoms with Gasteiger partial charge in [-0.3, -0.25) is 14.9 Å². The van der Waals surface area contributed by atoms with Gasteiger partial charge in [0.25, 0.3) is 5.69 Å². The maximum absolute atomic E-state index is 12.1. The quantitative estimate of drug-likeness (QED) is 0.579. The smallest absolute Gasteiger partial charge is 0.273 e. The maximum atomic E-state index is 12.1. The van der Waals surface area contributed by atoms with E-state index >= 15 is 0 Å². The van der Waals surface area contributed by atoms with E-state index in [1.54, 1.807) is 6.07 Å². The normalized spacial score (nSPS) is 11.6. The molecule has 8 heteroatoms. The first-order valence-electron chi connectivity index (χ1n) is 7.52. The van der Waals surface area contributed by atoms with Crippen molar-refractivity contribution < 1.29 is 14.5 Å². The summed E-state index contributed by atoms with van der Waals surface area (Å²) >= 11 is 6.13. The first kappa shape index (κ1) is 18.7. The van der Waals surface area contributed by atoms with E-state index in [4.69, 9.17) is 16.3 Å². The van der Waals surface area contributed by atoms with Crippen molar-refractivity contribution in [3.05, 3.63) is 63.2 Å². The number of anilines is 1. The standard InChI is InChI=1S/C17H18ClN3O4/c1-11(13-5-3-4-6-14(13)18)19-10-17(22)20-15-8-7-12(21(23)24)9-16(15)25-2/h3-9,11,19H,10H2,1-2H3,(H,20,22). The zero-order valence-corrected chi connectivity index (χ0v) is 14.5. The van der Waals surface area contributed by atoms with Gasteiger partial charge in [-0.2, -0.15) is 0 Å². The Bertz CT molecular complexity index is 782. The van der Waals surface area contributed by atoms with Gasteiger partial charge in [-0.05, 0) is 24.6 Å². The number of hydrogen-bond donors (Lipinski definition) is 2. The fraction of sp³-hybridized carbons (Fsp3) is 0.235. The fourth-order valence-electron chi connectivity index (χ4n) is 2.27. The Labute approximate surface area is 150 Å². The van der Waals surface area contributed by atoms with E-state index in [0.717, 1.165) is 5.56 Å². The molecule has 0 aliphatic rings. The lowest BCUT2D eigenvalue weighted by atomic mass is 10.1. The molecular weight excluding hydrogens is 346 g/mol. The second-order valence-corrected chi connectivity index (χ2v) is 5.72. The number of carbonyl (C=O) groups is 1. The van der Waals surface area contributed by atoms with Gasteiger partial charge in [0.2, 0.25) is 5.91 Å². The SMILES string of the molecule is COc1cc([N+](=O)[O-])ccc1NC(=O)CNC(C)c1ccccc1Cl. The molecule has 0 radical (unpaired) electrons. The summed E-state index contributed by atoms with van der Waals surface area (Å²) in [6, 6.07) is 11.3. The zero-order chi connectivity index (χ0) is 18.4. The van der Waals surface area contributed by atoms with E-state index in [9.17, 15) is 14.9 Å². The van der Waals surface area contributed by atoms with E-state index in [-0.39, 0.29) is 29.9 Å². The van der Waals surface area contributed by atoms with Crippen LogP contribution in [0.15, 0.2) is 42.5 Å². The molecule has 1 amide bonds. The number of benzene rings is 2. The summed E-state index contributed by atoms with van der Waals surface area (Å²) in [6.45, 7) is 1.95. The Balaban J connectivity index is 1.98. The van der Waals surface area contributed by atoms with Crippen LogP contribution in [0.1, 0.15) is 18.5 Å². The van der Waals surface area contributed by atoms with Gasteiger partial charge < -0.3 is 15.4 Å². The topological polar surface area (TPSA) is 93.5 Å². The minimum atomic E-state index is -0.527. The molecule has 0 heterocycles. The van der Waals surface area contributed by atoms with Crippen LogP contribution in [0.25, 0.3) is 0 Å². The highest BCUT2D eigenvalue weighted by atomic mass is 35.5. The molecule has 132 valence electrons. The van der Waals surface area contributed by atoms with E-state index in [1.165, 1.54) is 25.3 Å². The van der Waals surface area contributed by atoms with E-state index in [0.29, 0.717) is 10.7 Å². The summed E-state index contributed by atoms with van der Waals surface area (Å²) in [5.41, 5.74) is 1.15. The Morgan fingerprint density at radius 2 is 2.04 bits per heavy atom. The summed E-state index contributed by atoms with van der Waals surface area (Å²) in [4.78, 5) is 22.4. The second kappa shape index (κ2) is 8.46. The summed E-state index contributed by atoms with van der Waals surface area (Å²) in [5.74, 6) is -0.0761. The number of rotatable bonds is 7. The summed E-state index contributed by atoms with van der Waals surface area (Å²) in [6.07, 6.45) is 0. The Hall–Kier alpha value is -2.64. The van der Waals surface area contributed by atoms with Gasteiger partial charge in [-0.15, -0.1) is 0 Å². The molecule has 2 aromatic rings. The van der Waals surface area contributed by atoms with Crippen molar-refractivity contribution in [2.24, 2.45) is 0 Å². The van der Waals surface area contributed by atoms with Crippen molar-refractivity contribution in [1.82, 2.24) is 5.32 Å². The number of nitro groups is 1. The largest absolute Gasteiger partial charge is 0.494 e. The van der Waals surface area contributed by atoms with Crippen molar-refractivity contribution in [1.29, 1.82) is 0 Å². The molecule has 1 unspecified atom stereocenters. The molecule has 1 atom stereocenters. The van der Waals surface area contributed by atoms with Crippen LogP contribution in [0.4, 0.5) is 11.4 Å². The first-order valence-corrected chi connectivity index (χ1v) is 7.90. The third-order valence-corrected chi connectivity index (χ3v) is 3.95. The number of amides is 1. The minimum absolute atomic E-state index is 0.0481. The van der Waals surface area contributed by atoms with Crippen LogP contribution in [-0.2, 0) is 4.79 Å². The minimum Gasteiger partial charge on any atom is -0.494 e. The number of halogens is 1. The van der Waals surface area contributed by atoms with Crippen LogP contribution in [0, 0.1) is 10.1 Å². The molecule has 0 aliphatic heterocycles. The second-order valence-electron chi connectivity index (χ2n) is 5.31. The number of ether oxygens (including phenoxy) is 1. The molecule has 0 aromatic heterocycles. The van der Waals surface area contributed by atoms with Crippen LogP contribution in [-0.4, -0.2) is 24.5 Å². The highest BCUT2D eigenvalue weighted by molar-refractivity contribution is 6.31. The van der Waals surface area contributed by atoms with Gasteiger partial charge in [0, 0.05) is 17.1 Å². The molecule has 2 N–H and O–H groups in total. The van der Waals surface area contributed by atoms with Crippen LogP contribution >= 0.6 is 11.6 Å². The number of methoxy groups -OCH3 is 1. The number of hydrogen-bond acceptors (Lipinski definition) is 5. The average Bonchev–Trinajstić information content (AvgIpc) is 2.60. The molecule has 25 heavy (non-hydrogen) atoms. The van der Waals surface area contributed by atoms with Gasteiger partial charge in [-0.25, -0.2) is 0 Å². The molecule has 0 fully saturated rings. The summed E-state index contributed by atoms with van der Waals surface area (Å²) in [7, 11) is 1.38. The van der Waals surface area contributed by atoms with Crippen molar-refractivity contribution in [3.63, 3.8) is 0 Å². The van der Waals surface area contributed by atoms with Crippen LogP contribution in [0.2, 0.25) is 5.02 Å². The lowest BCUT2D eigenvalue weighted by Crippen LogP contribution is -2.30. The highest BCUT2D eigenvalue weighted by Crippen LogP contribution is 2.29. The number of nitro benzene ring substituents is 1. The molecule has 0 spiro atoms. The van der Waals surface area contributed by atoms with Gasteiger partial charge >= 0.3 is 0 Å². The summed E-state index contributed by atoms with van der Waals surface area (Å²) < 4.78 is 5.09. The van der Waals surface area contributed by atoms with Gasteiger partial charge in [-0.1, -0.05) is 29.8 Å².